The molecule has 0 N–H and O–H groups in total. The van der Waals surface area contributed by atoms with E-state index in [0.717, 1.165) is 30.1 Å². The molecule has 0 radical (unpaired) electrons. The Morgan fingerprint density at radius 1 is 1.03 bits per heavy atom. The van der Waals surface area contributed by atoms with Crippen LogP contribution in [0.3, 0.4) is 0 Å². The van der Waals surface area contributed by atoms with E-state index < -0.39 is 0 Å². The molecule has 4 rings (SSSR count). The molecule has 7 nitrogen and oxygen atoms in total. The minimum atomic E-state index is 0.0883. The van der Waals surface area contributed by atoms with Gasteiger partial charge in [0, 0.05) is 37.4 Å². The predicted molar refractivity (Wildman–Crippen MR) is 122 cm³/mol. The lowest BCUT2D eigenvalue weighted by molar-refractivity contribution is -0.128. The summed E-state index contributed by atoms with van der Waals surface area (Å²) in [5, 5.41) is 8.63. The molecule has 8 heteroatoms. The summed E-state index contributed by atoms with van der Waals surface area (Å²) >= 11 is 1.29. The van der Waals surface area contributed by atoms with Gasteiger partial charge in [-0.25, -0.2) is 0 Å². The van der Waals surface area contributed by atoms with Crippen molar-refractivity contribution in [2.75, 3.05) is 43.9 Å². The van der Waals surface area contributed by atoms with Crippen LogP contribution >= 0.6 is 11.8 Å². The molecular weight excluding hydrogens is 412 g/mol. The fraction of sp³-hybridized carbons (Fsp3) is 0.348. The SMILES string of the molecule is COc1ccc(N2CCN(C(=O)CSc3nnc(-c4ccc(C)c(C)c4)o3)CC2)cc1. The van der Waals surface area contributed by atoms with Gasteiger partial charge >= 0.3 is 0 Å². The van der Waals surface area contributed by atoms with E-state index in [4.69, 9.17) is 9.15 Å². The summed E-state index contributed by atoms with van der Waals surface area (Å²) in [4.78, 5) is 16.8. The molecule has 1 fully saturated rings. The topological polar surface area (TPSA) is 71.7 Å². The third-order valence-electron chi connectivity index (χ3n) is 5.55. The van der Waals surface area contributed by atoms with Crippen molar-refractivity contribution in [3.63, 3.8) is 0 Å². The third-order valence-corrected chi connectivity index (χ3v) is 6.35. The number of methoxy groups -OCH3 is 1. The minimum absolute atomic E-state index is 0.0883. The maximum absolute atomic E-state index is 12.6. The number of carbonyl (C=O) groups is 1. The number of ether oxygens (including phenoxy) is 1. The second kappa shape index (κ2) is 9.43. The summed E-state index contributed by atoms with van der Waals surface area (Å²) in [6.45, 7) is 7.13. The molecule has 0 bridgehead atoms. The van der Waals surface area contributed by atoms with Gasteiger partial charge in [-0.05, 0) is 61.4 Å². The quantitative estimate of drug-likeness (QED) is 0.542. The number of aromatic nitrogens is 2. The van der Waals surface area contributed by atoms with Gasteiger partial charge in [0.1, 0.15) is 5.75 Å². The highest BCUT2D eigenvalue weighted by atomic mass is 32.2. The zero-order valence-electron chi connectivity index (χ0n) is 18.0. The first-order chi connectivity index (χ1) is 15.0. The van der Waals surface area contributed by atoms with Gasteiger partial charge in [0.2, 0.25) is 11.8 Å². The number of rotatable bonds is 6. The Labute approximate surface area is 186 Å². The molecule has 1 aliphatic heterocycles. The van der Waals surface area contributed by atoms with Gasteiger partial charge in [0.25, 0.3) is 5.22 Å². The first kappa shape index (κ1) is 21.2. The van der Waals surface area contributed by atoms with Crippen molar-refractivity contribution in [1.82, 2.24) is 15.1 Å². The van der Waals surface area contributed by atoms with Gasteiger partial charge in [0.05, 0.1) is 12.9 Å². The lowest BCUT2D eigenvalue weighted by atomic mass is 10.1. The van der Waals surface area contributed by atoms with Crippen LogP contribution in [0.4, 0.5) is 5.69 Å². The van der Waals surface area contributed by atoms with E-state index in [9.17, 15) is 4.79 Å². The summed E-state index contributed by atoms with van der Waals surface area (Å²) in [6, 6.07) is 14.1. The number of anilines is 1. The highest BCUT2D eigenvalue weighted by molar-refractivity contribution is 7.99. The number of aryl methyl sites for hydroxylation is 2. The van der Waals surface area contributed by atoms with Crippen LogP contribution in [0.25, 0.3) is 11.5 Å². The fourth-order valence-corrected chi connectivity index (χ4v) is 4.15. The lowest BCUT2D eigenvalue weighted by Crippen LogP contribution is -2.49. The fourth-order valence-electron chi connectivity index (χ4n) is 3.48. The van der Waals surface area contributed by atoms with Gasteiger partial charge in [-0.2, -0.15) is 0 Å². The number of benzene rings is 2. The van der Waals surface area contributed by atoms with Crippen LogP contribution in [-0.4, -0.2) is 60.0 Å². The Morgan fingerprint density at radius 2 is 1.77 bits per heavy atom. The van der Waals surface area contributed by atoms with Gasteiger partial charge in [-0.15, -0.1) is 10.2 Å². The highest BCUT2D eigenvalue weighted by Crippen LogP contribution is 2.25. The minimum Gasteiger partial charge on any atom is -0.497 e. The van der Waals surface area contributed by atoms with Crippen LogP contribution in [-0.2, 0) is 4.79 Å². The lowest BCUT2D eigenvalue weighted by Gasteiger charge is -2.36. The van der Waals surface area contributed by atoms with Crippen molar-refractivity contribution in [3.05, 3.63) is 53.6 Å². The number of thioether (sulfide) groups is 1. The van der Waals surface area contributed by atoms with E-state index in [2.05, 4.69) is 41.1 Å². The van der Waals surface area contributed by atoms with Crippen LogP contribution in [0.2, 0.25) is 0 Å². The summed E-state index contributed by atoms with van der Waals surface area (Å²) in [5.41, 5.74) is 4.43. The van der Waals surface area contributed by atoms with E-state index in [0.29, 0.717) is 24.2 Å². The molecule has 0 spiro atoms. The molecule has 1 saturated heterocycles. The number of piperazine rings is 1. The molecule has 0 saturated carbocycles. The molecule has 31 heavy (non-hydrogen) atoms. The van der Waals surface area contributed by atoms with E-state index in [-0.39, 0.29) is 11.7 Å². The van der Waals surface area contributed by atoms with Crippen molar-refractivity contribution in [2.45, 2.75) is 19.1 Å². The molecule has 1 amide bonds. The van der Waals surface area contributed by atoms with Gasteiger partial charge in [0.15, 0.2) is 0 Å². The summed E-state index contributed by atoms with van der Waals surface area (Å²) in [6.07, 6.45) is 0. The zero-order chi connectivity index (χ0) is 21.8. The van der Waals surface area contributed by atoms with Crippen molar-refractivity contribution >= 4 is 23.4 Å². The van der Waals surface area contributed by atoms with Crippen LogP contribution < -0.4 is 9.64 Å². The number of carbonyl (C=O) groups excluding carboxylic acids is 1. The first-order valence-electron chi connectivity index (χ1n) is 10.2. The monoisotopic (exact) mass is 438 g/mol. The van der Waals surface area contributed by atoms with E-state index in [1.165, 1.54) is 22.9 Å². The molecule has 0 unspecified atom stereocenters. The maximum atomic E-state index is 12.6. The molecule has 0 aliphatic carbocycles. The Hall–Kier alpha value is -3.00. The molecule has 1 aliphatic rings. The Balaban J connectivity index is 1.28. The Bertz CT molecular complexity index is 1040. The van der Waals surface area contributed by atoms with Gasteiger partial charge in [-0.3, -0.25) is 4.79 Å². The standard InChI is InChI=1S/C23H26N4O3S/c1-16-4-5-18(14-17(16)2)22-24-25-23(30-22)31-15-21(28)27-12-10-26(11-13-27)19-6-8-20(29-3)9-7-19/h4-9,14H,10-13,15H2,1-3H3. The third kappa shape index (κ3) is 5.02. The zero-order valence-corrected chi connectivity index (χ0v) is 18.8. The van der Waals surface area contributed by atoms with Gasteiger partial charge in [-0.1, -0.05) is 17.8 Å². The van der Waals surface area contributed by atoms with Crippen molar-refractivity contribution in [1.29, 1.82) is 0 Å². The number of amides is 1. The summed E-state index contributed by atoms with van der Waals surface area (Å²) in [7, 11) is 1.66. The Morgan fingerprint density at radius 3 is 2.45 bits per heavy atom. The van der Waals surface area contributed by atoms with E-state index in [1.54, 1.807) is 7.11 Å². The molecule has 162 valence electrons. The number of nitrogens with zero attached hydrogens (tertiary/aromatic N) is 4. The normalized spacial score (nSPS) is 14.0. The first-order valence-corrected chi connectivity index (χ1v) is 11.2. The second-order valence-electron chi connectivity index (χ2n) is 7.53. The Kier molecular flexibility index (Phi) is 6.46. The van der Waals surface area contributed by atoms with Gasteiger partial charge < -0.3 is 19.0 Å². The molecule has 3 aromatic rings. The van der Waals surface area contributed by atoms with Crippen LogP contribution in [0, 0.1) is 13.8 Å². The van der Waals surface area contributed by atoms with Crippen molar-refractivity contribution in [3.8, 4) is 17.2 Å². The van der Waals surface area contributed by atoms with Crippen LogP contribution in [0.1, 0.15) is 11.1 Å². The van der Waals surface area contributed by atoms with Crippen molar-refractivity contribution < 1.29 is 13.9 Å². The summed E-state index contributed by atoms with van der Waals surface area (Å²) < 4.78 is 11.0. The highest BCUT2D eigenvalue weighted by Gasteiger charge is 2.22. The maximum Gasteiger partial charge on any atom is 0.277 e. The molecular formula is C23H26N4O3S. The van der Waals surface area contributed by atoms with Crippen molar-refractivity contribution in [2.24, 2.45) is 0 Å². The average molecular weight is 439 g/mol. The number of hydrogen-bond donors (Lipinski definition) is 0. The second-order valence-corrected chi connectivity index (χ2v) is 8.45. The molecule has 2 heterocycles. The predicted octanol–water partition coefficient (Wildman–Crippen LogP) is 3.80. The number of hydrogen-bond acceptors (Lipinski definition) is 7. The molecule has 0 atom stereocenters. The average Bonchev–Trinajstić information content (AvgIpc) is 3.28. The van der Waals surface area contributed by atoms with E-state index >= 15 is 0 Å². The molecule has 2 aromatic carbocycles. The van der Waals surface area contributed by atoms with Crippen LogP contribution in [0.15, 0.2) is 52.1 Å². The summed E-state index contributed by atoms with van der Waals surface area (Å²) in [5.74, 6) is 1.70. The largest absolute Gasteiger partial charge is 0.497 e. The molecule has 1 aromatic heterocycles. The van der Waals surface area contributed by atoms with E-state index in [1.807, 2.05) is 35.2 Å². The smallest absolute Gasteiger partial charge is 0.277 e. The van der Waals surface area contributed by atoms with Crippen LogP contribution in [0.5, 0.6) is 5.75 Å².